The average Bonchev–Trinajstić information content (AvgIpc) is 3.27. The van der Waals surface area contributed by atoms with Gasteiger partial charge in [0.25, 0.3) is 6.01 Å². The number of nitrogens with zero attached hydrogens (tertiary/aromatic N) is 5. The molecule has 1 saturated heterocycles. The number of rotatable bonds is 3. The number of benzene rings is 1. The Balaban J connectivity index is 1.50. The van der Waals surface area contributed by atoms with Crippen molar-refractivity contribution in [2.75, 3.05) is 11.9 Å². The van der Waals surface area contributed by atoms with Crippen LogP contribution in [0.15, 0.2) is 34.9 Å². The number of oxazole rings is 1. The van der Waals surface area contributed by atoms with E-state index in [9.17, 15) is 0 Å². The van der Waals surface area contributed by atoms with Gasteiger partial charge < -0.3 is 14.6 Å². The fourth-order valence-corrected chi connectivity index (χ4v) is 5.13. The van der Waals surface area contributed by atoms with Gasteiger partial charge in [0.1, 0.15) is 5.52 Å². The lowest BCUT2D eigenvalue weighted by Crippen LogP contribution is -2.61. The van der Waals surface area contributed by atoms with Crippen LogP contribution in [0.4, 0.5) is 10.4 Å². The molecule has 8 heteroatoms. The van der Waals surface area contributed by atoms with E-state index >= 15 is 4.39 Å². The van der Waals surface area contributed by atoms with Crippen LogP contribution in [0.2, 0.25) is 0 Å². The number of hydrogen-bond donors (Lipinski definition) is 1. The summed E-state index contributed by atoms with van der Waals surface area (Å²) in [5.74, 6) is -0.421. The van der Waals surface area contributed by atoms with E-state index in [0.717, 1.165) is 24.2 Å². The van der Waals surface area contributed by atoms with Crippen molar-refractivity contribution in [3.8, 4) is 11.3 Å². The Labute approximate surface area is 186 Å². The van der Waals surface area contributed by atoms with Gasteiger partial charge in [0.05, 0.1) is 17.6 Å². The quantitative estimate of drug-likeness (QED) is 0.501. The van der Waals surface area contributed by atoms with E-state index in [1.807, 2.05) is 37.2 Å². The zero-order chi connectivity index (χ0) is 22.8. The number of halogens is 1. The Morgan fingerprint density at radius 2 is 1.84 bits per heavy atom. The minimum atomic E-state index is -0.421. The Hall–Kier alpha value is -3.00. The predicted molar refractivity (Wildman–Crippen MR) is 123 cm³/mol. The second-order valence-corrected chi connectivity index (χ2v) is 10.3. The smallest absolute Gasteiger partial charge is 0.298 e. The molecule has 4 aromatic rings. The first-order valence-corrected chi connectivity index (χ1v) is 11.0. The maximum Gasteiger partial charge on any atom is 0.298 e. The summed E-state index contributed by atoms with van der Waals surface area (Å²) in [5.41, 5.74) is 3.54. The van der Waals surface area contributed by atoms with Gasteiger partial charge in [0.2, 0.25) is 0 Å². The Morgan fingerprint density at radius 3 is 2.56 bits per heavy atom. The van der Waals surface area contributed by atoms with Gasteiger partial charge in [-0.1, -0.05) is 0 Å². The molecule has 1 aliphatic heterocycles. The molecule has 1 aliphatic rings. The van der Waals surface area contributed by atoms with Crippen LogP contribution in [0, 0.1) is 12.7 Å². The summed E-state index contributed by atoms with van der Waals surface area (Å²) < 4.78 is 22.8. The van der Waals surface area contributed by atoms with Crippen molar-refractivity contribution in [3.63, 3.8) is 0 Å². The van der Waals surface area contributed by atoms with Crippen molar-refractivity contribution in [1.29, 1.82) is 0 Å². The number of aromatic nitrogens is 4. The summed E-state index contributed by atoms with van der Waals surface area (Å²) in [6.07, 6.45) is 3.72. The topological polar surface area (TPSA) is 71.5 Å². The van der Waals surface area contributed by atoms with E-state index < -0.39 is 5.82 Å². The SMILES string of the molecule is Cc1cn2nc(-c3cc(F)c4nc(N(C)C5CC(C)(C)NC(C)(C)C5)oc4c3)ccc2n1. The fourth-order valence-electron chi connectivity index (χ4n) is 5.13. The minimum absolute atomic E-state index is 0.0128. The molecular weight excluding hydrogens is 407 g/mol. The number of fused-ring (bicyclic) bond motifs is 2. The van der Waals surface area contributed by atoms with E-state index in [0.29, 0.717) is 22.9 Å². The third-order valence-electron chi connectivity index (χ3n) is 6.19. The lowest BCUT2D eigenvalue weighted by Gasteiger charge is -2.48. The van der Waals surface area contributed by atoms with Gasteiger partial charge in [0.15, 0.2) is 17.0 Å². The van der Waals surface area contributed by atoms with E-state index in [1.54, 1.807) is 10.6 Å². The van der Waals surface area contributed by atoms with Gasteiger partial charge in [-0.25, -0.2) is 13.9 Å². The van der Waals surface area contributed by atoms with Crippen LogP contribution in [0.1, 0.15) is 46.2 Å². The van der Waals surface area contributed by atoms with Gasteiger partial charge >= 0.3 is 0 Å². The van der Waals surface area contributed by atoms with Crippen molar-refractivity contribution < 1.29 is 8.81 Å². The molecule has 0 aliphatic carbocycles. The highest BCUT2D eigenvalue weighted by Gasteiger charge is 2.40. The van der Waals surface area contributed by atoms with E-state index in [1.165, 1.54) is 6.07 Å². The summed E-state index contributed by atoms with van der Waals surface area (Å²) in [7, 11) is 1.97. The Bertz CT molecular complexity index is 1310. The van der Waals surface area contributed by atoms with Crippen molar-refractivity contribution in [1.82, 2.24) is 24.9 Å². The monoisotopic (exact) mass is 436 g/mol. The van der Waals surface area contributed by atoms with E-state index in [-0.39, 0.29) is 22.6 Å². The molecule has 0 radical (unpaired) electrons. The molecule has 1 fully saturated rings. The average molecular weight is 437 g/mol. The molecule has 0 bridgehead atoms. The maximum absolute atomic E-state index is 15.0. The third kappa shape index (κ3) is 3.72. The number of hydrogen-bond acceptors (Lipinski definition) is 6. The van der Waals surface area contributed by atoms with Crippen LogP contribution < -0.4 is 10.2 Å². The molecule has 0 amide bonds. The Morgan fingerprint density at radius 1 is 1.12 bits per heavy atom. The number of anilines is 1. The van der Waals surface area contributed by atoms with Crippen LogP contribution in [-0.2, 0) is 0 Å². The summed E-state index contributed by atoms with van der Waals surface area (Å²) >= 11 is 0. The second-order valence-electron chi connectivity index (χ2n) is 10.3. The molecule has 0 spiro atoms. The molecule has 4 heterocycles. The molecular formula is C24H29FN6O. The minimum Gasteiger partial charge on any atom is -0.423 e. The summed E-state index contributed by atoms with van der Waals surface area (Å²) in [4.78, 5) is 10.9. The maximum atomic E-state index is 15.0. The van der Waals surface area contributed by atoms with Gasteiger partial charge in [0, 0.05) is 29.7 Å². The molecule has 32 heavy (non-hydrogen) atoms. The number of aryl methyl sites for hydroxylation is 1. The molecule has 1 N–H and O–H groups in total. The van der Waals surface area contributed by atoms with Crippen molar-refractivity contribution >= 4 is 22.8 Å². The molecule has 0 saturated carbocycles. The predicted octanol–water partition coefficient (Wildman–Crippen LogP) is 4.73. The van der Waals surface area contributed by atoms with Crippen molar-refractivity contribution in [3.05, 3.63) is 42.0 Å². The zero-order valence-corrected chi connectivity index (χ0v) is 19.4. The third-order valence-corrected chi connectivity index (χ3v) is 6.19. The summed E-state index contributed by atoms with van der Waals surface area (Å²) in [6, 6.07) is 7.64. The van der Waals surface area contributed by atoms with Crippen molar-refractivity contribution in [2.24, 2.45) is 0 Å². The molecule has 3 aromatic heterocycles. The number of piperidine rings is 1. The molecule has 1 aromatic carbocycles. The van der Waals surface area contributed by atoms with Crippen LogP contribution in [0.25, 0.3) is 28.0 Å². The van der Waals surface area contributed by atoms with Crippen LogP contribution >= 0.6 is 0 Å². The van der Waals surface area contributed by atoms with Gasteiger partial charge in [-0.15, -0.1) is 0 Å². The van der Waals surface area contributed by atoms with Crippen LogP contribution in [0.5, 0.6) is 0 Å². The second kappa shape index (κ2) is 7.00. The summed E-state index contributed by atoms with van der Waals surface area (Å²) in [5, 5.41) is 8.26. The number of nitrogens with one attached hydrogen (secondary N) is 1. The van der Waals surface area contributed by atoms with Crippen molar-refractivity contribution in [2.45, 2.75) is 64.6 Å². The van der Waals surface area contributed by atoms with Gasteiger partial charge in [-0.3, -0.25) is 0 Å². The zero-order valence-electron chi connectivity index (χ0n) is 19.4. The molecule has 7 nitrogen and oxygen atoms in total. The van der Waals surface area contributed by atoms with Crippen LogP contribution in [0.3, 0.4) is 0 Å². The van der Waals surface area contributed by atoms with E-state index in [4.69, 9.17) is 4.42 Å². The normalized spacial score (nSPS) is 18.5. The first kappa shape index (κ1) is 20.9. The molecule has 0 atom stereocenters. The fraction of sp³-hybridized carbons (Fsp3) is 0.458. The lowest BCUT2D eigenvalue weighted by atomic mass is 9.79. The largest absolute Gasteiger partial charge is 0.423 e. The molecule has 5 rings (SSSR count). The van der Waals surface area contributed by atoms with Crippen LogP contribution in [-0.4, -0.2) is 43.7 Å². The first-order chi connectivity index (χ1) is 15.0. The highest BCUT2D eigenvalue weighted by Crippen LogP contribution is 2.35. The highest BCUT2D eigenvalue weighted by molar-refractivity contribution is 5.81. The molecule has 168 valence electrons. The standard InChI is InChI=1S/C24H29FN6O/c1-14-13-31-20(26-14)8-7-18(28-31)15-9-17(25)21-19(10-15)32-22(27-21)30(6)16-11-23(2,3)29-24(4,5)12-16/h7-10,13,16,29H,11-12H2,1-6H3. The van der Waals surface area contributed by atoms with Gasteiger partial charge in [-0.2, -0.15) is 10.1 Å². The number of imidazole rings is 1. The van der Waals surface area contributed by atoms with E-state index in [2.05, 4.69) is 48.1 Å². The lowest BCUT2D eigenvalue weighted by molar-refractivity contribution is 0.159. The Kier molecular flexibility index (Phi) is 4.57. The highest BCUT2D eigenvalue weighted by atomic mass is 19.1. The summed E-state index contributed by atoms with van der Waals surface area (Å²) in [6.45, 7) is 10.7. The van der Waals surface area contributed by atoms with Gasteiger partial charge in [-0.05, 0) is 71.7 Å². The first-order valence-electron chi connectivity index (χ1n) is 11.0. The molecule has 0 unspecified atom stereocenters.